The second-order valence-electron chi connectivity index (χ2n) is 5.42. The summed E-state index contributed by atoms with van der Waals surface area (Å²) in [5.41, 5.74) is 1.77. The van der Waals surface area contributed by atoms with Crippen LogP contribution in [0.3, 0.4) is 0 Å². The zero-order chi connectivity index (χ0) is 22.2. The first-order valence-electron chi connectivity index (χ1n) is 7.42. The van der Waals surface area contributed by atoms with Crippen molar-refractivity contribution in [3.8, 4) is 0 Å². The smallest absolute Gasteiger partial charge is 0.104 e. The van der Waals surface area contributed by atoms with E-state index in [1.54, 1.807) is 12.2 Å². The Morgan fingerprint density at radius 2 is 0.655 bits per heavy atom. The topological polar surface area (TPSA) is 9.23 Å². The van der Waals surface area contributed by atoms with Gasteiger partial charge in [-0.15, -0.1) is 13.2 Å². The maximum Gasteiger partial charge on any atom is 0.104 e. The maximum atomic E-state index is 6.47. The highest BCUT2D eigenvalue weighted by Crippen LogP contribution is 2.51. The van der Waals surface area contributed by atoms with E-state index in [1.165, 1.54) is 0 Å². The molecule has 0 aromatic heterocycles. The largest absolute Gasteiger partial charge is 0.357 e. The van der Waals surface area contributed by atoms with Crippen molar-refractivity contribution in [2.24, 2.45) is 0 Å². The van der Waals surface area contributed by atoms with Crippen molar-refractivity contribution in [3.05, 3.63) is 81.2 Å². The predicted octanol–water partition coefficient (Wildman–Crippen LogP) is 12.5. The predicted molar refractivity (Wildman–Crippen MR) is 157 cm³/mol. The van der Waals surface area contributed by atoms with E-state index in [9.17, 15) is 0 Å². The summed E-state index contributed by atoms with van der Waals surface area (Å²) in [5.74, 6) is 0. The van der Waals surface area contributed by atoms with Crippen molar-refractivity contribution < 1.29 is 4.74 Å². The number of hydrogen-bond acceptors (Lipinski definition) is 1. The molecule has 2 aromatic rings. The van der Waals surface area contributed by atoms with Crippen molar-refractivity contribution in [1.82, 2.24) is 0 Å². The Bertz CT molecular complexity index is 864. The Morgan fingerprint density at radius 3 is 0.862 bits per heavy atom. The van der Waals surface area contributed by atoms with Gasteiger partial charge in [0.1, 0.15) is 12.2 Å². The van der Waals surface area contributed by atoms with Gasteiger partial charge in [-0.25, -0.2) is 0 Å². The SMILES string of the molecule is C=CC(OC(C=C)c1c(Br)c(Br)c(Br)c(Br)c1Br)c1c(Br)c(Br)c(Br)c(Br)c1Br. The number of halogens is 10. The standard InChI is InChI=1S/C18H8Br10O/c1-3-5(7-9(19)13(23)17(27)14(24)10(7)20)29-6(4-2)8-11(21)15(25)18(28)16(26)12(8)22/h3-6H,1-2H2. The second-order valence-corrected chi connectivity index (χ2v) is 13.3. The van der Waals surface area contributed by atoms with E-state index in [2.05, 4.69) is 172 Å². The van der Waals surface area contributed by atoms with Gasteiger partial charge in [-0.1, -0.05) is 12.2 Å². The average molecular weight is 1040 g/mol. The molecule has 2 unspecified atom stereocenters. The fourth-order valence-electron chi connectivity index (χ4n) is 2.38. The van der Waals surface area contributed by atoms with Gasteiger partial charge in [0.2, 0.25) is 0 Å². The van der Waals surface area contributed by atoms with Crippen LogP contribution in [0.4, 0.5) is 0 Å². The summed E-state index contributed by atoms with van der Waals surface area (Å²) in [6, 6.07) is 0. The molecule has 0 N–H and O–H groups in total. The molecule has 0 heterocycles. The minimum atomic E-state index is -0.442. The van der Waals surface area contributed by atoms with Gasteiger partial charge in [0.05, 0.1) is 0 Å². The summed E-state index contributed by atoms with van der Waals surface area (Å²) in [6.07, 6.45) is 2.61. The monoisotopic (exact) mass is 1030 g/mol. The fourth-order valence-corrected chi connectivity index (χ4v) is 9.44. The second kappa shape index (κ2) is 11.9. The molecule has 0 saturated carbocycles. The lowest BCUT2D eigenvalue weighted by atomic mass is 10.1. The van der Waals surface area contributed by atoms with Crippen LogP contribution < -0.4 is 0 Å². The van der Waals surface area contributed by atoms with Crippen molar-refractivity contribution in [1.29, 1.82) is 0 Å². The maximum absolute atomic E-state index is 6.47. The van der Waals surface area contributed by atoms with Crippen LogP contribution in [0, 0.1) is 0 Å². The normalized spacial score (nSPS) is 13.3. The molecule has 29 heavy (non-hydrogen) atoms. The Kier molecular flexibility index (Phi) is 11.4. The van der Waals surface area contributed by atoms with Gasteiger partial charge in [-0.05, 0) is 159 Å². The lowest BCUT2D eigenvalue weighted by Gasteiger charge is -2.26. The zero-order valence-electron chi connectivity index (χ0n) is 13.9. The van der Waals surface area contributed by atoms with E-state index in [-0.39, 0.29) is 0 Å². The van der Waals surface area contributed by atoms with Crippen LogP contribution in [0.5, 0.6) is 0 Å². The molecular formula is C18H8Br10O. The summed E-state index contributed by atoms with van der Waals surface area (Å²) in [5, 5.41) is 0. The Labute approximate surface area is 253 Å². The number of ether oxygens (including phenoxy) is 1. The molecule has 0 spiro atoms. The molecule has 0 radical (unpaired) electrons. The van der Waals surface area contributed by atoms with E-state index in [0.29, 0.717) is 0 Å². The third kappa shape index (κ3) is 5.68. The number of hydrogen-bond donors (Lipinski definition) is 0. The lowest BCUT2D eigenvalue weighted by Crippen LogP contribution is -2.11. The molecule has 2 aromatic carbocycles. The molecule has 2 atom stereocenters. The van der Waals surface area contributed by atoms with Crippen LogP contribution in [0.1, 0.15) is 23.3 Å². The van der Waals surface area contributed by atoms with Crippen LogP contribution in [0.25, 0.3) is 0 Å². The van der Waals surface area contributed by atoms with Gasteiger partial charge >= 0.3 is 0 Å². The summed E-state index contributed by atoms with van der Waals surface area (Å²) < 4.78 is 15.1. The van der Waals surface area contributed by atoms with Crippen LogP contribution >= 0.6 is 159 Å². The molecule has 0 amide bonds. The van der Waals surface area contributed by atoms with Gasteiger partial charge in [-0.2, -0.15) is 0 Å². The summed E-state index contributed by atoms with van der Waals surface area (Å²) in [7, 11) is 0. The van der Waals surface area contributed by atoms with Crippen molar-refractivity contribution in [2.75, 3.05) is 0 Å². The van der Waals surface area contributed by atoms with Crippen molar-refractivity contribution >= 4 is 159 Å². The Hall–Kier alpha value is 2.68. The van der Waals surface area contributed by atoms with Gasteiger partial charge < -0.3 is 4.74 Å². The van der Waals surface area contributed by atoms with E-state index < -0.39 is 12.2 Å². The number of benzene rings is 2. The summed E-state index contributed by atoms with van der Waals surface area (Å²) >= 11 is 36.2. The van der Waals surface area contributed by atoms with Crippen LogP contribution in [0.15, 0.2) is 70.0 Å². The van der Waals surface area contributed by atoms with Crippen molar-refractivity contribution in [3.63, 3.8) is 0 Å². The third-order valence-electron chi connectivity index (χ3n) is 3.78. The highest BCUT2D eigenvalue weighted by Gasteiger charge is 2.28. The molecule has 2 rings (SSSR count). The number of rotatable bonds is 6. The van der Waals surface area contributed by atoms with E-state index in [1.807, 2.05) is 0 Å². The third-order valence-corrected chi connectivity index (χ3v) is 16.1. The molecule has 0 aliphatic carbocycles. The first-order chi connectivity index (χ1) is 13.5. The van der Waals surface area contributed by atoms with Gasteiger partial charge in [0, 0.05) is 55.9 Å². The highest BCUT2D eigenvalue weighted by atomic mass is 79.9. The average Bonchev–Trinajstić information content (AvgIpc) is 2.71. The van der Waals surface area contributed by atoms with E-state index in [4.69, 9.17) is 4.74 Å². The Morgan fingerprint density at radius 1 is 0.448 bits per heavy atom. The molecule has 0 saturated heterocycles. The van der Waals surface area contributed by atoms with E-state index in [0.717, 1.165) is 55.9 Å². The lowest BCUT2D eigenvalue weighted by molar-refractivity contribution is 0.0385. The molecule has 11 heteroatoms. The Balaban J connectivity index is 2.63. The highest BCUT2D eigenvalue weighted by molar-refractivity contribution is 9.16. The summed E-state index contributed by atoms with van der Waals surface area (Å²) in [4.78, 5) is 0. The molecule has 0 bridgehead atoms. The molecule has 0 aliphatic rings. The molecular weight excluding hydrogens is 1030 g/mol. The summed E-state index contributed by atoms with van der Waals surface area (Å²) in [6.45, 7) is 7.97. The minimum absolute atomic E-state index is 0.442. The molecule has 1 nitrogen and oxygen atoms in total. The fraction of sp³-hybridized carbons (Fsp3) is 0.111. The van der Waals surface area contributed by atoms with Crippen LogP contribution in [-0.4, -0.2) is 0 Å². The quantitative estimate of drug-likeness (QED) is 0.159. The molecule has 0 fully saturated rings. The zero-order valence-corrected chi connectivity index (χ0v) is 29.8. The van der Waals surface area contributed by atoms with Crippen LogP contribution in [-0.2, 0) is 4.74 Å². The minimum Gasteiger partial charge on any atom is -0.357 e. The van der Waals surface area contributed by atoms with Crippen molar-refractivity contribution in [2.45, 2.75) is 12.2 Å². The van der Waals surface area contributed by atoms with Crippen LogP contribution in [0.2, 0.25) is 0 Å². The molecule has 156 valence electrons. The first-order valence-corrected chi connectivity index (χ1v) is 15.4. The first kappa shape index (κ1) is 27.9. The van der Waals surface area contributed by atoms with Gasteiger partial charge in [-0.3, -0.25) is 0 Å². The van der Waals surface area contributed by atoms with Gasteiger partial charge in [0.25, 0.3) is 0 Å². The van der Waals surface area contributed by atoms with E-state index >= 15 is 0 Å². The van der Waals surface area contributed by atoms with Gasteiger partial charge in [0.15, 0.2) is 0 Å². The molecule has 0 aliphatic heterocycles.